The second kappa shape index (κ2) is 11.5. The Balaban J connectivity index is 1.29. The van der Waals surface area contributed by atoms with Gasteiger partial charge in [-0.3, -0.25) is 4.40 Å². The van der Waals surface area contributed by atoms with Crippen LogP contribution in [0.3, 0.4) is 0 Å². The number of nitrogens with zero attached hydrogens (tertiary/aromatic N) is 5. The minimum Gasteiger partial charge on any atom is -0.443 e. The third kappa shape index (κ3) is 5.18. The van der Waals surface area contributed by atoms with Gasteiger partial charge in [-0.25, -0.2) is 4.98 Å². The highest BCUT2D eigenvalue weighted by molar-refractivity contribution is 6.99. The minimum atomic E-state index is -2.72. The van der Waals surface area contributed by atoms with Crippen molar-refractivity contribution in [3.63, 3.8) is 0 Å². The Bertz CT molecular complexity index is 2060. The third-order valence-corrected chi connectivity index (χ3v) is 13.7. The van der Waals surface area contributed by atoms with Crippen LogP contribution >= 0.6 is 11.6 Å². The summed E-state index contributed by atoms with van der Waals surface area (Å²) >= 11 is 6.80. The first-order valence-electron chi connectivity index (χ1n) is 15.0. The third-order valence-electron chi connectivity index (χ3n) is 8.48. The summed E-state index contributed by atoms with van der Waals surface area (Å²) in [6.07, 6.45) is 3.26. The van der Waals surface area contributed by atoms with Crippen LogP contribution in [0.25, 0.3) is 28.3 Å². The minimum absolute atomic E-state index is 0.127. The van der Waals surface area contributed by atoms with E-state index in [2.05, 4.69) is 124 Å². The van der Waals surface area contributed by atoms with Crippen LogP contribution in [-0.2, 0) is 17.6 Å². The molecule has 0 amide bonds. The van der Waals surface area contributed by atoms with Gasteiger partial charge in [0.05, 0.1) is 23.8 Å². The molecule has 9 heteroatoms. The van der Waals surface area contributed by atoms with Crippen LogP contribution in [-0.4, -0.2) is 32.5 Å². The van der Waals surface area contributed by atoms with Crippen LogP contribution in [0.5, 0.6) is 0 Å². The summed E-state index contributed by atoms with van der Waals surface area (Å²) in [4.78, 5) is 4.48. The van der Waals surface area contributed by atoms with Gasteiger partial charge in [0.15, 0.2) is 5.65 Å². The van der Waals surface area contributed by atoms with E-state index < -0.39 is 8.32 Å². The summed E-state index contributed by atoms with van der Waals surface area (Å²) in [6, 6.07) is 33.8. The smallest absolute Gasteiger partial charge is 0.261 e. The fraction of sp³-hybridized carbons (Fsp3) is 0.194. The summed E-state index contributed by atoms with van der Waals surface area (Å²) in [5.74, 6) is 1.36. The van der Waals surface area contributed by atoms with Gasteiger partial charge in [-0.15, -0.1) is 10.2 Å². The maximum Gasteiger partial charge on any atom is 0.261 e. The molecule has 0 saturated heterocycles. The summed E-state index contributed by atoms with van der Waals surface area (Å²) in [5, 5.41) is 11.6. The Kier molecular flexibility index (Phi) is 7.44. The molecule has 3 aromatic carbocycles. The molecule has 7 rings (SSSR count). The van der Waals surface area contributed by atoms with Crippen LogP contribution in [0.4, 0.5) is 0 Å². The average molecular weight is 632 g/mol. The van der Waals surface area contributed by atoms with Crippen molar-refractivity contribution in [1.29, 1.82) is 0 Å². The van der Waals surface area contributed by atoms with Gasteiger partial charge in [-0.2, -0.15) is 0 Å². The van der Waals surface area contributed by atoms with Gasteiger partial charge < -0.3 is 13.4 Å². The molecule has 0 aliphatic carbocycles. The monoisotopic (exact) mass is 631 g/mol. The molecular formula is C36H34ClN5O2Si. The Morgan fingerprint density at radius 2 is 1.51 bits per heavy atom. The topological polar surface area (TPSA) is 70.4 Å². The normalized spacial score (nSPS) is 12.4. The first-order chi connectivity index (χ1) is 21.7. The Morgan fingerprint density at radius 3 is 2.16 bits per heavy atom. The lowest BCUT2D eigenvalue weighted by Crippen LogP contribution is -2.66. The standard InChI is InChI=1S/C36H34ClN5O2Si/c1-25-39-40-34-16-15-31-32(42(25)34)22-33(35-38-17-18-43-35)41(31)23-26-19-27(21-28(37)20-26)24-44-45(36(2,3)4,29-11-7-5-8-12-29)30-13-9-6-10-14-30/h5-22H,23-24H2,1-4H3. The largest absolute Gasteiger partial charge is 0.443 e. The molecule has 226 valence electrons. The predicted molar refractivity (Wildman–Crippen MR) is 182 cm³/mol. The van der Waals surface area contributed by atoms with E-state index in [-0.39, 0.29) is 5.04 Å². The van der Waals surface area contributed by atoms with Gasteiger partial charge in [0.1, 0.15) is 17.8 Å². The van der Waals surface area contributed by atoms with Crippen LogP contribution in [0.15, 0.2) is 114 Å². The lowest BCUT2D eigenvalue weighted by Gasteiger charge is -2.43. The molecule has 0 fully saturated rings. The van der Waals surface area contributed by atoms with E-state index in [9.17, 15) is 0 Å². The maximum atomic E-state index is 7.23. The van der Waals surface area contributed by atoms with Crippen LogP contribution in [0.2, 0.25) is 10.1 Å². The Labute approximate surface area is 268 Å². The van der Waals surface area contributed by atoms with Crippen molar-refractivity contribution in [2.45, 2.75) is 45.9 Å². The molecule has 0 spiro atoms. The van der Waals surface area contributed by atoms with E-state index in [4.69, 9.17) is 20.4 Å². The van der Waals surface area contributed by atoms with E-state index >= 15 is 0 Å². The molecule has 0 aliphatic rings. The number of rotatable bonds is 8. The molecule has 45 heavy (non-hydrogen) atoms. The summed E-state index contributed by atoms with van der Waals surface area (Å²) < 4.78 is 17.3. The van der Waals surface area contributed by atoms with Crippen molar-refractivity contribution in [3.05, 3.63) is 131 Å². The number of aryl methyl sites for hydroxylation is 1. The molecule has 0 aliphatic heterocycles. The molecule has 0 unspecified atom stereocenters. The number of benzene rings is 3. The van der Waals surface area contributed by atoms with Crippen molar-refractivity contribution >= 4 is 47.0 Å². The number of halogens is 1. The van der Waals surface area contributed by atoms with E-state index in [0.717, 1.165) is 39.3 Å². The number of oxazole rings is 1. The fourth-order valence-electron chi connectivity index (χ4n) is 6.57. The predicted octanol–water partition coefficient (Wildman–Crippen LogP) is 7.43. The molecule has 0 saturated carbocycles. The number of aromatic nitrogens is 5. The van der Waals surface area contributed by atoms with Crippen LogP contribution < -0.4 is 10.4 Å². The zero-order chi connectivity index (χ0) is 31.2. The number of hydrogen-bond donors (Lipinski definition) is 0. The van der Waals surface area contributed by atoms with Crippen molar-refractivity contribution in [3.8, 4) is 11.6 Å². The highest BCUT2D eigenvalue weighted by atomic mass is 35.5. The van der Waals surface area contributed by atoms with Crippen molar-refractivity contribution in [1.82, 2.24) is 24.1 Å². The lowest BCUT2D eigenvalue weighted by molar-refractivity contribution is 0.286. The molecular weight excluding hydrogens is 598 g/mol. The van der Waals surface area contributed by atoms with Gasteiger partial charge >= 0.3 is 0 Å². The quantitative estimate of drug-likeness (QED) is 0.163. The Morgan fingerprint density at radius 1 is 0.822 bits per heavy atom. The number of pyridine rings is 1. The van der Waals surface area contributed by atoms with Gasteiger partial charge in [0.2, 0.25) is 5.89 Å². The summed E-state index contributed by atoms with van der Waals surface area (Å²) in [7, 11) is -2.72. The van der Waals surface area contributed by atoms with Crippen molar-refractivity contribution in [2.24, 2.45) is 0 Å². The number of hydrogen-bond acceptors (Lipinski definition) is 5. The SMILES string of the molecule is Cc1nnc2ccc3c(cc(-c4ncco4)n3Cc3cc(Cl)cc(CO[Si](c4ccccc4)(c4ccccc4)C(C)(C)C)c3)n12. The van der Waals surface area contributed by atoms with E-state index in [0.29, 0.717) is 24.1 Å². The molecule has 0 bridgehead atoms. The molecule has 7 aromatic rings. The van der Waals surface area contributed by atoms with Crippen molar-refractivity contribution in [2.75, 3.05) is 0 Å². The van der Waals surface area contributed by atoms with Crippen LogP contribution in [0, 0.1) is 6.92 Å². The fourth-order valence-corrected chi connectivity index (χ4v) is 11.4. The zero-order valence-corrected chi connectivity index (χ0v) is 27.5. The van der Waals surface area contributed by atoms with E-state index in [1.54, 1.807) is 12.5 Å². The number of fused-ring (bicyclic) bond motifs is 3. The molecule has 4 aromatic heterocycles. The molecule has 4 heterocycles. The van der Waals surface area contributed by atoms with Gasteiger partial charge in [0.25, 0.3) is 8.32 Å². The van der Waals surface area contributed by atoms with Gasteiger partial charge in [-0.05, 0) is 63.8 Å². The van der Waals surface area contributed by atoms with Gasteiger partial charge in [-0.1, -0.05) is 99.1 Å². The summed E-state index contributed by atoms with van der Waals surface area (Å²) in [5.41, 5.74) is 5.73. The van der Waals surface area contributed by atoms with Gasteiger partial charge in [0, 0.05) is 11.6 Å². The second-order valence-corrected chi connectivity index (χ2v) is 17.2. The van der Waals surface area contributed by atoms with E-state index in [1.807, 2.05) is 25.1 Å². The molecule has 0 atom stereocenters. The molecule has 0 radical (unpaired) electrons. The summed E-state index contributed by atoms with van der Waals surface area (Å²) in [6.45, 7) is 9.81. The van der Waals surface area contributed by atoms with Crippen LogP contribution in [0.1, 0.15) is 37.7 Å². The first-order valence-corrected chi connectivity index (χ1v) is 17.3. The first kappa shape index (κ1) is 29.2. The highest BCUT2D eigenvalue weighted by Crippen LogP contribution is 2.38. The second-order valence-electron chi connectivity index (χ2n) is 12.4. The van der Waals surface area contributed by atoms with Crippen molar-refractivity contribution < 1.29 is 8.84 Å². The maximum absolute atomic E-state index is 7.23. The highest BCUT2D eigenvalue weighted by Gasteiger charge is 2.50. The molecule has 0 N–H and O–H groups in total. The lowest BCUT2D eigenvalue weighted by atomic mass is 10.1. The zero-order valence-electron chi connectivity index (χ0n) is 25.7. The van der Waals surface area contributed by atoms with E-state index in [1.165, 1.54) is 10.4 Å². The Hall–Kier alpha value is -4.50. The average Bonchev–Trinajstić information content (AvgIpc) is 3.77. The molecule has 7 nitrogen and oxygen atoms in total.